The molecule has 21 heavy (non-hydrogen) atoms. The first kappa shape index (κ1) is 17.6. The zero-order valence-electron chi connectivity index (χ0n) is 12.3. The molecule has 1 aromatic rings. The van der Waals surface area contributed by atoms with E-state index in [0.717, 1.165) is 31.9 Å². The number of aromatic amines is 1. The normalized spacial score (nSPS) is 11.7. The highest BCUT2D eigenvalue weighted by molar-refractivity contribution is 7.89. The second-order valence-electron chi connectivity index (χ2n) is 5.11. The summed E-state index contributed by atoms with van der Waals surface area (Å²) in [5.74, 6) is 0. The summed E-state index contributed by atoms with van der Waals surface area (Å²) in [5.41, 5.74) is -1.59. The number of hydrogen-bond acceptors (Lipinski definition) is 4. The van der Waals surface area contributed by atoms with Gasteiger partial charge in [-0.15, -0.1) is 0 Å². The Bertz CT molecular complexity index is 661. The van der Waals surface area contributed by atoms with Crippen molar-refractivity contribution in [2.75, 3.05) is 0 Å². The van der Waals surface area contributed by atoms with Crippen molar-refractivity contribution in [3.05, 3.63) is 27.0 Å². The number of hydrogen-bond donors (Lipinski definition) is 2. The third-order valence-corrected chi connectivity index (χ3v) is 4.19. The fourth-order valence-electron chi connectivity index (χ4n) is 2.10. The molecular weight excluding hydrogens is 294 g/mol. The van der Waals surface area contributed by atoms with Crippen LogP contribution in [0.25, 0.3) is 0 Å². The van der Waals surface area contributed by atoms with Gasteiger partial charge in [-0.2, -0.15) is 0 Å². The molecule has 0 unspecified atom stereocenters. The first-order chi connectivity index (χ1) is 9.86. The van der Waals surface area contributed by atoms with Gasteiger partial charge in [0.25, 0.3) is 5.56 Å². The minimum Gasteiger partial charge on any atom is -0.299 e. The van der Waals surface area contributed by atoms with Crippen LogP contribution < -0.4 is 16.4 Å². The smallest absolute Gasteiger partial charge is 0.299 e. The number of nitrogens with two attached hydrogens (primary N) is 1. The topological polar surface area (TPSA) is 115 Å². The van der Waals surface area contributed by atoms with E-state index in [1.807, 2.05) is 4.98 Å². The summed E-state index contributed by atoms with van der Waals surface area (Å²) in [6.45, 7) is 2.53. The molecule has 0 aliphatic rings. The lowest BCUT2D eigenvalue weighted by Gasteiger charge is -2.06. The average molecular weight is 317 g/mol. The summed E-state index contributed by atoms with van der Waals surface area (Å²) in [4.78, 5) is 24.4. The summed E-state index contributed by atoms with van der Waals surface area (Å²) in [6.07, 6.45) is 8.62. The number of sulfonamides is 1. The van der Waals surface area contributed by atoms with E-state index in [4.69, 9.17) is 5.14 Å². The van der Waals surface area contributed by atoms with E-state index in [1.165, 1.54) is 23.8 Å². The molecule has 0 spiro atoms. The number of H-pyrrole nitrogens is 1. The summed E-state index contributed by atoms with van der Waals surface area (Å²) in [7, 11) is -4.12. The molecule has 0 saturated carbocycles. The van der Waals surface area contributed by atoms with Gasteiger partial charge in [0.2, 0.25) is 10.0 Å². The van der Waals surface area contributed by atoms with Crippen molar-refractivity contribution in [2.24, 2.45) is 5.14 Å². The van der Waals surface area contributed by atoms with Crippen molar-refractivity contribution in [3.63, 3.8) is 0 Å². The van der Waals surface area contributed by atoms with Gasteiger partial charge in [-0.1, -0.05) is 45.4 Å². The standard InChI is InChI=1S/C13H23N3O4S/c1-2-3-4-5-6-7-8-9-16-10-11(21(14,19)20)12(17)15-13(16)18/h10H,2-9H2,1H3,(H2,14,19,20)(H,15,17,18). The van der Waals surface area contributed by atoms with E-state index in [-0.39, 0.29) is 0 Å². The monoisotopic (exact) mass is 317 g/mol. The highest BCUT2D eigenvalue weighted by Crippen LogP contribution is 2.07. The molecule has 0 aromatic carbocycles. The first-order valence-corrected chi connectivity index (χ1v) is 8.77. The molecule has 0 aliphatic carbocycles. The fourth-order valence-corrected chi connectivity index (χ4v) is 2.68. The predicted octanol–water partition coefficient (Wildman–Crippen LogP) is 0.935. The summed E-state index contributed by atoms with van der Waals surface area (Å²) >= 11 is 0. The van der Waals surface area contributed by atoms with Crippen LogP contribution in [0.2, 0.25) is 0 Å². The fraction of sp³-hybridized carbons (Fsp3) is 0.692. The van der Waals surface area contributed by atoms with Crippen molar-refractivity contribution in [2.45, 2.75) is 63.3 Å². The van der Waals surface area contributed by atoms with Crippen LogP contribution in [0.1, 0.15) is 51.9 Å². The molecule has 0 aliphatic heterocycles. The zero-order valence-corrected chi connectivity index (χ0v) is 13.1. The second kappa shape index (κ2) is 8.14. The number of aryl methyl sites for hydroxylation is 1. The number of rotatable bonds is 9. The van der Waals surface area contributed by atoms with Gasteiger partial charge < -0.3 is 0 Å². The minimum atomic E-state index is -4.12. The van der Waals surface area contributed by atoms with Crippen molar-refractivity contribution in [1.29, 1.82) is 0 Å². The molecular formula is C13H23N3O4S. The van der Waals surface area contributed by atoms with Gasteiger partial charge >= 0.3 is 5.69 Å². The van der Waals surface area contributed by atoms with Crippen molar-refractivity contribution in [1.82, 2.24) is 9.55 Å². The Morgan fingerprint density at radius 1 is 1.10 bits per heavy atom. The molecule has 3 N–H and O–H groups in total. The lowest BCUT2D eigenvalue weighted by Crippen LogP contribution is -2.34. The Labute approximate surface area is 124 Å². The Balaban J connectivity index is 2.60. The Kier molecular flexibility index (Phi) is 6.83. The van der Waals surface area contributed by atoms with Crippen LogP contribution in [0, 0.1) is 0 Å². The summed E-state index contributed by atoms with van der Waals surface area (Å²) in [5, 5.41) is 4.94. The van der Waals surface area contributed by atoms with Gasteiger partial charge in [0.15, 0.2) is 4.90 Å². The molecule has 0 fully saturated rings. The van der Waals surface area contributed by atoms with E-state index in [0.29, 0.717) is 6.54 Å². The minimum absolute atomic E-state index is 0.367. The van der Waals surface area contributed by atoms with E-state index >= 15 is 0 Å². The second-order valence-corrected chi connectivity index (χ2v) is 6.64. The Morgan fingerprint density at radius 2 is 1.67 bits per heavy atom. The van der Waals surface area contributed by atoms with E-state index in [9.17, 15) is 18.0 Å². The van der Waals surface area contributed by atoms with E-state index < -0.39 is 26.2 Å². The first-order valence-electron chi connectivity index (χ1n) is 7.23. The van der Waals surface area contributed by atoms with Crippen LogP contribution in [-0.2, 0) is 16.6 Å². The van der Waals surface area contributed by atoms with Crippen LogP contribution in [0.4, 0.5) is 0 Å². The molecule has 1 heterocycles. The highest BCUT2D eigenvalue weighted by atomic mass is 32.2. The van der Waals surface area contributed by atoms with Crippen LogP contribution in [-0.4, -0.2) is 18.0 Å². The third-order valence-electron chi connectivity index (χ3n) is 3.29. The maximum Gasteiger partial charge on any atom is 0.328 e. The number of unbranched alkanes of at least 4 members (excludes halogenated alkanes) is 6. The van der Waals surface area contributed by atoms with Gasteiger partial charge in [0.1, 0.15) is 0 Å². The number of aromatic nitrogens is 2. The molecule has 1 rings (SSSR count). The predicted molar refractivity (Wildman–Crippen MR) is 80.7 cm³/mol. The maximum atomic E-state index is 11.6. The lowest BCUT2D eigenvalue weighted by atomic mass is 10.1. The molecule has 8 heteroatoms. The van der Waals surface area contributed by atoms with Gasteiger partial charge in [0, 0.05) is 12.7 Å². The third kappa shape index (κ3) is 5.84. The summed E-state index contributed by atoms with van der Waals surface area (Å²) < 4.78 is 23.7. The van der Waals surface area contributed by atoms with Crippen molar-refractivity contribution in [3.8, 4) is 0 Å². The maximum absolute atomic E-state index is 11.6. The van der Waals surface area contributed by atoms with Crippen LogP contribution >= 0.6 is 0 Å². The van der Waals surface area contributed by atoms with Gasteiger partial charge in [-0.3, -0.25) is 14.3 Å². The lowest BCUT2D eigenvalue weighted by molar-refractivity contribution is 0.530. The molecule has 0 saturated heterocycles. The molecule has 1 aromatic heterocycles. The van der Waals surface area contributed by atoms with Gasteiger partial charge in [-0.25, -0.2) is 18.4 Å². The highest BCUT2D eigenvalue weighted by Gasteiger charge is 2.15. The number of nitrogens with zero attached hydrogens (tertiary/aromatic N) is 1. The van der Waals surface area contributed by atoms with Crippen LogP contribution in [0.3, 0.4) is 0 Å². The zero-order chi connectivity index (χ0) is 15.9. The largest absolute Gasteiger partial charge is 0.328 e. The summed E-state index contributed by atoms with van der Waals surface area (Å²) in [6, 6.07) is 0. The molecule has 0 radical (unpaired) electrons. The SMILES string of the molecule is CCCCCCCCCn1cc(S(N)(=O)=O)c(=O)[nH]c1=O. The van der Waals surface area contributed by atoms with Crippen molar-refractivity contribution < 1.29 is 8.42 Å². The quantitative estimate of drug-likeness (QED) is 0.659. The van der Waals surface area contributed by atoms with E-state index in [2.05, 4.69) is 6.92 Å². The Hall–Kier alpha value is -1.41. The van der Waals surface area contributed by atoms with Gasteiger partial charge in [0.05, 0.1) is 0 Å². The average Bonchev–Trinajstić information content (AvgIpc) is 2.38. The molecule has 120 valence electrons. The van der Waals surface area contributed by atoms with Gasteiger partial charge in [-0.05, 0) is 6.42 Å². The molecule has 0 atom stereocenters. The van der Waals surface area contributed by atoms with Crippen LogP contribution in [0.5, 0.6) is 0 Å². The molecule has 0 amide bonds. The van der Waals surface area contributed by atoms with E-state index in [1.54, 1.807) is 0 Å². The Morgan fingerprint density at radius 3 is 2.24 bits per heavy atom. The molecule has 0 bridgehead atoms. The number of nitrogens with one attached hydrogen (secondary N) is 1. The van der Waals surface area contributed by atoms with Crippen molar-refractivity contribution >= 4 is 10.0 Å². The number of primary sulfonamides is 1. The van der Waals surface area contributed by atoms with Crippen LogP contribution in [0.15, 0.2) is 20.7 Å². The molecule has 7 nitrogen and oxygen atoms in total.